The normalized spacial score (nSPS) is 18.2. The highest BCUT2D eigenvalue weighted by Gasteiger charge is 2.33. The molecule has 0 atom stereocenters. The number of para-hydroxylation sites is 1. The number of rotatable bonds is 5. The predicted octanol–water partition coefficient (Wildman–Crippen LogP) is 3.59. The van der Waals surface area contributed by atoms with Gasteiger partial charge in [-0.3, -0.25) is 14.3 Å². The number of sulfone groups is 1. The topological polar surface area (TPSA) is 75.2 Å². The van der Waals surface area contributed by atoms with Crippen LogP contribution in [0.5, 0.6) is 0 Å². The summed E-state index contributed by atoms with van der Waals surface area (Å²) in [4.78, 5) is 19.3. The van der Waals surface area contributed by atoms with Gasteiger partial charge in [0, 0.05) is 35.8 Å². The Balaban J connectivity index is 1.76. The molecular weight excluding hydrogens is 398 g/mol. The van der Waals surface area contributed by atoms with Crippen molar-refractivity contribution in [2.75, 3.05) is 19.3 Å². The van der Waals surface area contributed by atoms with E-state index in [9.17, 15) is 13.2 Å². The first kappa shape index (κ1) is 19.6. The van der Waals surface area contributed by atoms with E-state index in [2.05, 4.69) is 9.88 Å². The monoisotopic (exact) mass is 425 g/mol. The van der Waals surface area contributed by atoms with Gasteiger partial charge in [0.05, 0.1) is 4.90 Å². The highest BCUT2D eigenvalue weighted by molar-refractivity contribution is 7.91. The molecule has 6 nitrogen and oxygen atoms in total. The molecule has 2 aliphatic rings. The van der Waals surface area contributed by atoms with Gasteiger partial charge in [-0.2, -0.15) is 0 Å². The van der Waals surface area contributed by atoms with E-state index in [1.165, 1.54) is 12.7 Å². The third kappa shape index (κ3) is 3.50. The summed E-state index contributed by atoms with van der Waals surface area (Å²) in [6.45, 7) is 2.45. The van der Waals surface area contributed by atoms with Crippen molar-refractivity contribution in [3.05, 3.63) is 58.1 Å². The van der Waals surface area contributed by atoms with Crippen LogP contribution in [0.15, 0.2) is 46.2 Å². The average molecular weight is 426 g/mol. The maximum atomic E-state index is 13.4. The highest BCUT2D eigenvalue weighted by Crippen LogP contribution is 2.45. The van der Waals surface area contributed by atoms with Gasteiger partial charge in [-0.1, -0.05) is 24.6 Å². The fourth-order valence-corrected chi connectivity index (χ4v) is 5.85. The van der Waals surface area contributed by atoms with Crippen molar-refractivity contribution in [1.82, 2.24) is 14.5 Å². The summed E-state index contributed by atoms with van der Waals surface area (Å²) in [6.07, 6.45) is 8.65. The fraction of sp³-hybridized carbons (Fsp3) is 0.435. The second-order valence-corrected chi connectivity index (χ2v) is 10.6. The Bertz CT molecular complexity index is 1250. The highest BCUT2D eigenvalue weighted by atomic mass is 32.2. The summed E-state index contributed by atoms with van der Waals surface area (Å²) in [5, 5.41) is 0.615. The van der Waals surface area contributed by atoms with Crippen LogP contribution in [-0.4, -0.2) is 42.2 Å². The molecule has 3 aromatic rings. The average Bonchev–Trinajstić information content (AvgIpc) is 3.49. The molecule has 1 aliphatic carbocycles. The van der Waals surface area contributed by atoms with Gasteiger partial charge in [-0.05, 0) is 62.4 Å². The molecule has 1 N–H and O–H groups in total. The number of nitrogens with zero attached hydrogens (tertiary/aromatic N) is 2. The van der Waals surface area contributed by atoms with Gasteiger partial charge >= 0.3 is 0 Å². The van der Waals surface area contributed by atoms with Crippen LogP contribution < -0.4 is 5.56 Å². The lowest BCUT2D eigenvalue weighted by atomic mass is 10.1. The number of aromatic amines is 1. The van der Waals surface area contributed by atoms with Crippen LogP contribution in [0, 0.1) is 0 Å². The standard InChI is InChI=1S/C23H27N3O3S/c1-30(28,29)22-19(15-25-12-6-3-7-13-25)24-21-20(22)18(16-10-11-16)14-26(23(21)27)17-8-4-2-5-9-17/h2,4-5,8-9,14,16,24H,3,6-7,10-13,15H2,1H3. The fourth-order valence-electron chi connectivity index (χ4n) is 4.70. The largest absolute Gasteiger partial charge is 0.352 e. The molecule has 1 saturated heterocycles. The van der Waals surface area contributed by atoms with Crippen molar-refractivity contribution in [3.8, 4) is 5.69 Å². The van der Waals surface area contributed by atoms with Crippen LogP contribution in [0.2, 0.25) is 0 Å². The molecule has 2 fully saturated rings. The summed E-state index contributed by atoms with van der Waals surface area (Å²) in [6, 6.07) is 9.53. The van der Waals surface area contributed by atoms with E-state index in [0.29, 0.717) is 34.0 Å². The molecule has 1 saturated carbocycles. The van der Waals surface area contributed by atoms with Crippen molar-refractivity contribution >= 4 is 20.7 Å². The van der Waals surface area contributed by atoms with Gasteiger partial charge in [0.25, 0.3) is 5.56 Å². The quantitative estimate of drug-likeness (QED) is 0.678. The smallest absolute Gasteiger partial charge is 0.279 e. The van der Waals surface area contributed by atoms with E-state index in [-0.39, 0.29) is 5.56 Å². The number of aromatic nitrogens is 2. The Morgan fingerprint density at radius 1 is 1.07 bits per heavy atom. The maximum Gasteiger partial charge on any atom is 0.279 e. The molecule has 3 heterocycles. The molecule has 1 aliphatic heterocycles. The van der Waals surface area contributed by atoms with E-state index < -0.39 is 9.84 Å². The number of hydrogen-bond donors (Lipinski definition) is 1. The number of hydrogen-bond acceptors (Lipinski definition) is 4. The van der Waals surface area contributed by atoms with E-state index in [1.807, 2.05) is 36.5 Å². The molecule has 158 valence electrons. The molecule has 0 unspecified atom stereocenters. The molecule has 0 bridgehead atoms. The maximum absolute atomic E-state index is 13.4. The van der Waals surface area contributed by atoms with Crippen molar-refractivity contribution in [3.63, 3.8) is 0 Å². The Kier molecular flexibility index (Phi) is 4.82. The Hall–Kier alpha value is -2.38. The Labute approximate surface area is 176 Å². The number of H-pyrrole nitrogens is 1. The molecule has 5 rings (SSSR count). The molecule has 30 heavy (non-hydrogen) atoms. The van der Waals surface area contributed by atoms with Gasteiger partial charge in [0.2, 0.25) is 0 Å². The van der Waals surface area contributed by atoms with E-state index >= 15 is 0 Å². The predicted molar refractivity (Wildman–Crippen MR) is 118 cm³/mol. The van der Waals surface area contributed by atoms with Gasteiger partial charge < -0.3 is 4.98 Å². The number of benzene rings is 1. The first-order valence-corrected chi connectivity index (χ1v) is 12.6. The Morgan fingerprint density at radius 2 is 1.77 bits per heavy atom. The second kappa shape index (κ2) is 7.39. The molecule has 7 heteroatoms. The van der Waals surface area contributed by atoms with Crippen LogP contribution in [0.1, 0.15) is 49.3 Å². The van der Waals surface area contributed by atoms with Crippen LogP contribution in [0.4, 0.5) is 0 Å². The first-order valence-electron chi connectivity index (χ1n) is 10.7. The molecule has 2 aromatic heterocycles. The summed E-state index contributed by atoms with van der Waals surface area (Å²) in [7, 11) is -3.50. The number of nitrogens with one attached hydrogen (secondary N) is 1. The lowest BCUT2D eigenvalue weighted by Gasteiger charge is -2.26. The minimum Gasteiger partial charge on any atom is -0.352 e. The number of fused-ring (bicyclic) bond motifs is 1. The Morgan fingerprint density at radius 3 is 2.40 bits per heavy atom. The molecule has 0 radical (unpaired) electrons. The third-order valence-electron chi connectivity index (χ3n) is 6.27. The van der Waals surface area contributed by atoms with Gasteiger partial charge in [0.1, 0.15) is 5.52 Å². The SMILES string of the molecule is CS(=O)(=O)c1c(CN2CCCCC2)[nH]c2c(=O)n(-c3ccccc3)cc(C3CC3)c12. The molecular formula is C23H27N3O3S. The molecule has 0 amide bonds. The van der Waals surface area contributed by atoms with Crippen molar-refractivity contribution in [2.24, 2.45) is 0 Å². The minimum atomic E-state index is -3.50. The van der Waals surface area contributed by atoms with E-state index in [0.717, 1.165) is 50.0 Å². The van der Waals surface area contributed by atoms with E-state index in [1.54, 1.807) is 4.57 Å². The number of piperidine rings is 1. The zero-order valence-electron chi connectivity index (χ0n) is 17.2. The second-order valence-electron chi connectivity index (χ2n) is 8.66. The molecule has 0 spiro atoms. The lowest BCUT2D eigenvalue weighted by molar-refractivity contribution is 0.217. The first-order chi connectivity index (χ1) is 14.4. The van der Waals surface area contributed by atoms with Crippen molar-refractivity contribution in [1.29, 1.82) is 0 Å². The summed E-state index contributed by atoms with van der Waals surface area (Å²) in [5.74, 6) is 0.308. The van der Waals surface area contributed by atoms with Crippen molar-refractivity contribution in [2.45, 2.75) is 49.5 Å². The summed E-state index contributed by atoms with van der Waals surface area (Å²) < 4.78 is 27.4. The third-order valence-corrected chi connectivity index (χ3v) is 7.46. The lowest BCUT2D eigenvalue weighted by Crippen LogP contribution is -2.29. The zero-order valence-corrected chi connectivity index (χ0v) is 18.0. The molecule has 1 aromatic carbocycles. The summed E-state index contributed by atoms with van der Waals surface area (Å²) in [5.41, 5.74) is 2.62. The van der Waals surface area contributed by atoms with E-state index in [4.69, 9.17) is 0 Å². The van der Waals surface area contributed by atoms with Crippen LogP contribution in [-0.2, 0) is 16.4 Å². The van der Waals surface area contributed by atoms with Gasteiger partial charge in [-0.15, -0.1) is 0 Å². The van der Waals surface area contributed by atoms with Gasteiger partial charge in [0.15, 0.2) is 9.84 Å². The van der Waals surface area contributed by atoms with Crippen LogP contribution in [0.25, 0.3) is 16.6 Å². The summed E-state index contributed by atoms with van der Waals surface area (Å²) >= 11 is 0. The van der Waals surface area contributed by atoms with Gasteiger partial charge in [-0.25, -0.2) is 8.42 Å². The van der Waals surface area contributed by atoms with Crippen LogP contribution in [0.3, 0.4) is 0 Å². The van der Waals surface area contributed by atoms with Crippen LogP contribution >= 0.6 is 0 Å². The number of likely N-dealkylation sites (tertiary alicyclic amines) is 1. The number of pyridine rings is 1. The van der Waals surface area contributed by atoms with Crippen molar-refractivity contribution < 1.29 is 8.42 Å². The minimum absolute atomic E-state index is 0.199. The zero-order chi connectivity index (χ0) is 20.9.